The van der Waals surface area contributed by atoms with Crippen molar-refractivity contribution < 1.29 is 9.59 Å². The molecule has 24 heavy (non-hydrogen) atoms. The van der Waals surface area contributed by atoms with Gasteiger partial charge >= 0.3 is 0 Å². The number of nitrogens with zero attached hydrogens (tertiary/aromatic N) is 4. The van der Waals surface area contributed by atoms with Crippen LogP contribution in [-0.4, -0.2) is 57.6 Å². The van der Waals surface area contributed by atoms with Crippen LogP contribution < -0.4 is 0 Å². The van der Waals surface area contributed by atoms with Crippen molar-refractivity contribution in [3.63, 3.8) is 0 Å². The lowest BCUT2D eigenvalue weighted by Crippen LogP contribution is -2.59. The van der Waals surface area contributed by atoms with E-state index < -0.39 is 5.54 Å². The highest BCUT2D eigenvalue weighted by Crippen LogP contribution is 2.33. The van der Waals surface area contributed by atoms with E-state index in [9.17, 15) is 9.59 Å². The van der Waals surface area contributed by atoms with Gasteiger partial charge < -0.3 is 9.80 Å². The standard InChI is InChI=1S/C17H20N4O2S/c22-15(14-3-12-24-13-14)19-10-4-17(5-11-19,21-9-1-6-18-21)16(23)20-7-2-8-20/h1,3,6,9,12-13H,2,4-5,7-8,10-11H2. The minimum atomic E-state index is -0.644. The van der Waals surface area contributed by atoms with Crippen LogP contribution in [0.4, 0.5) is 0 Å². The van der Waals surface area contributed by atoms with Crippen LogP contribution in [-0.2, 0) is 10.3 Å². The summed E-state index contributed by atoms with van der Waals surface area (Å²) in [4.78, 5) is 29.4. The van der Waals surface area contributed by atoms with Crippen molar-refractivity contribution in [2.45, 2.75) is 24.8 Å². The predicted octanol–water partition coefficient (Wildman–Crippen LogP) is 1.81. The van der Waals surface area contributed by atoms with Gasteiger partial charge in [0.15, 0.2) is 0 Å². The molecule has 2 fully saturated rings. The van der Waals surface area contributed by atoms with Crippen LogP contribution in [0.2, 0.25) is 0 Å². The second-order valence-corrected chi connectivity index (χ2v) is 7.21. The number of carbonyl (C=O) groups is 2. The zero-order valence-electron chi connectivity index (χ0n) is 13.4. The first kappa shape index (κ1) is 15.4. The molecule has 0 spiro atoms. The summed E-state index contributed by atoms with van der Waals surface area (Å²) in [5, 5.41) is 8.15. The molecule has 126 valence electrons. The molecular weight excluding hydrogens is 324 g/mol. The summed E-state index contributed by atoms with van der Waals surface area (Å²) in [6.45, 7) is 2.82. The third-order valence-electron chi connectivity index (χ3n) is 5.13. The molecule has 0 atom stereocenters. The minimum Gasteiger partial charge on any atom is -0.340 e. The van der Waals surface area contributed by atoms with E-state index in [2.05, 4.69) is 5.10 Å². The van der Waals surface area contributed by atoms with Crippen LogP contribution in [0, 0.1) is 0 Å². The lowest BCUT2D eigenvalue weighted by molar-refractivity contribution is -0.147. The third-order valence-corrected chi connectivity index (χ3v) is 5.81. The summed E-state index contributed by atoms with van der Waals surface area (Å²) in [5.74, 6) is 0.210. The second-order valence-electron chi connectivity index (χ2n) is 6.43. The van der Waals surface area contributed by atoms with Crippen molar-refractivity contribution in [2.24, 2.45) is 0 Å². The van der Waals surface area contributed by atoms with Crippen LogP contribution in [0.1, 0.15) is 29.6 Å². The number of thiophene rings is 1. The van der Waals surface area contributed by atoms with E-state index in [1.807, 2.05) is 38.9 Å². The Morgan fingerprint density at radius 2 is 1.92 bits per heavy atom. The molecule has 0 N–H and O–H groups in total. The third kappa shape index (κ3) is 2.43. The molecule has 0 aromatic carbocycles. The lowest BCUT2D eigenvalue weighted by atomic mass is 9.85. The average molecular weight is 344 g/mol. The normalized spacial score (nSPS) is 19.8. The number of hydrogen-bond acceptors (Lipinski definition) is 4. The van der Waals surface area contributed by atoms with E-state index in [4.69, 9.17) is 0 Å². The van der Waals surface area contributed by atoms with Gasteiger partial charge in [0.05, 0.1) is 5.56 Å². The average Bonchev–Trinajstić information content (AvgIpc) is 3.26. The molecule has 0 aliphatic carbocycles. The van der Waals surface area contributed by atoms with Crippen molar-refractivity contribution in [3.05, 3.63) is 40.8 Å². The fraction of sp³-hybridized carbons (Fsp3) is 0.471. The van der Waals surface area contributed by atoms with Crippen LogP contribution in [0.25, 0.3) is 0 Å². The number of rotatable bonds is 3. The van der Waals surface area contributed by atoms with Gasteiger partial charge in [0.25, 0.3) is 11.8 Å². The van der Waals surface area contributed by atoms with Gasteiger partial charge in [0.1, 0.15) is 5.54 Å². The molecule has 6 nitrogen and oxygen atoms in total. The Morgan fingerprint density at radius 3 is 2.46 bits per heavy atom. The van der Waals surface area contributed by atoms with Gasteiger partial charge in [0.2, 0.25) is 0 Å². The first-order valence-electron chi connectivity index (χ1n) is 8.32. The SMILES string of the molecule is O=C(c1ccsc1)N1CCC(C(=O)N2CCC2)(n2cccn2)CC1. The zero-order valence-corrected chi connectivity index (χ0v) is 14.2. The Hall–Kier alpha value is -2.15. The highest BCUT2D eigenvalue weighted by molar-refractivity contribution is 7.08. The molecule has 0 unspecified atom stereocenters. The van der Waals surface area contributed by atoms with Gasteiger partial charge in [-0.05, 0) is 36.8 Å². The zero-order chi connectivity index (χ0) is 16.6. The van der Waals surface area contributed by atoms with Crippen LogP contribution in [0.3, 0.4) is 0 Å². The van der Waals surface area contributed by atoms with E-state index in [0.29, 0.717) is 25.9 Å². The Kier molecular flexibility index (Phi) is 3.88. The van der Waals surface area contributed by atoms with E-state index in [-0.39, 0.29) is 11.8 Å². The van der Waals surface area contributed by atoms with Crippen molar-refractivity contribution in [1.29, 1.82) is 0 Å². The largest absolute Gasteiger partial charge is 0.340 e. The van der Waals surface area contributed by atoms with Crippen molar-refractivity contribution in [1.82, 2.24) is 19.6 Å². The molecule has 2 aliphatic rings. The summed E-state index contributed by atoms with van der Waals surface area (Å²) < 4.78 is 1.81. The Balaban J connectivity index is 1.55. The predicted molar refractivity (Wildman–Crippen MR) is 90.9 cm³/mol. The number of amides is 2. The van der Waals surface area contributed by atoms with Gasteiger partial charge in [-0.15, -0.1) is 0 Å². The Labute approximate surface area is 144 Å². The number of hydrogen-bond donors (Lipinski definition) is 0. The number of likely N-dealkylation sites (tertiary alicyclic amines) is 2. The fourth-order valence-corrected chi connectivity index (χ4v) is 4.15. The highest BCUT2D eigenvalue weighted by Gasteiger charge is 2.47. The highest BCUT2D eigenvalue weighted by atomic mass is 32.1. The van der Waals surface area contributed by atoms with Gasteiger partial charge in [-0.2, -0.15) is 16.4 Å². The Morgan fingerprint density at radius 1 is 1.12 bits per heavy atom. The van der Waals surface area contributed by atoms with Crippen molar-refractivity contribution >= 4 is 23.2 Å². The lowest BCUT2D eigenvalue weighted by Gasteiger charge is -2.45. The first-order chi connectivity index (χ1) is 11.7. The second kappa shape index (κ2) is 6.05. The number of carbonyl (C=O) groups excluding carboxylic acids is 2. The maximum absolute atomic E-state index is 13.1. The van der Waals surface area contributed by atoms with E-state index in [1.54, 1.807) is 10.9 Å². The molecule has 2 aliphatic heterocycles. The molecule has 2 amide bonds. The molecule has 7 heteroatoms. The maximum Gasteiger partial charge on any atom is 0.254 e. The summed E-state index contributed by atoms with van der Waals surface area (Å²) >= 11 is 1.53. The van der Waals surface area contributed by atoms with E-state index in [1.165, 1.54) is 11.3 Å². The molecule has 0 radical (unpaired) electrons. The summed E-state index contributed by atoms with van der Waals surface area (Å²) in [6, 6.07) is 3.71. The number of aromatic nitrogens is 2. The molecule has 2 aromatic rings. The Bertz CT molecular complexity index is 714. The van der Waals surface area contributed by atoms with Crippen LogP contribution in [0.5, 0.6) is 0 Å². The van der Waals surface area contributed by atoms with Gasteiger partial charge in [-0.3, -0.25) is 14.3 Å². The van der Waals surface area contributed by atoms with Gasteiger partial charge in [-0.1, -0.05) is 0 Å². The minimum absolute atomic E-state index is 0.0571. The van der Waals surface area contributed by atoms with E-state index in [0.717, 1.165) is 25.1 Å². The van der Waals surface area contributed by atoms with Crippen molar-refractivity contribution in [2.75, 3.05) is 26.2 Å². The van der Waals surface area contributed by atoms with Crippen LogP contribution >= 0.6 is 11.3 Å². The molecular formula is C17H20N4O2S. The van der Waals surface area contributed by atoms with E-state index >= 15 is 0 Å². The first-order valence-corrected chi connectivity index (χ1v) is 9.26. The van der Waals surface area contributed by atoms with Gasteiger partial charge in [-0.25, -0.2) is 0 Å². The van der Waals surface area contributed by atoms with Gasteiger partial charge in [0, 0.05) is 44.0 Å². The molecule has 4 heterocycles. The topological polar surface area (TPSA) is 58.4 Å². The fourth-order valence-electron chi connectivity index (χ4n) is 3.53. The monoisotopic (exact) mass is 344 g/mol. The smallest absolute Gasteiger partial charge is 0.254 e. The summed E-state index contributed by atoms with van der Waals surface area (Å²) in [5.41, 5.74) is 0.0932. The summed E-state index contributed by atoms with van der Waals surface area (Å²) in [7, 11) is 0. The summed E-state index contributed by atoms with van der Waals surface area (Å²) in [6.07, 6.45) is 5.88. The molecule has 0 bridgehead atoms. The molecule has 0 saturated carbocycles. The molecule has 2 saturated heterocycles. The quantitative estimate of drug-likeness (QED) is 0.853. The molecule has 2 aromatic heterocycles. The maximum atomic E-state index is 13.1. The van der Waals surface area contributed by atoms with Crippen molar-refractivity contribution in [3.8, 4) is 0 Å². The number of piperidine rings is 1. The van der Waals surface area contributed by atoms with Crippen LogP contribution in [0.15, 0.2) is 35.3 Å². The molecule has 4 rings (SSSR count).